The van der Waals surface area contributed by atoms with E-state index in [0.29, 0.717) is 24.5 Å². The zero-order chi connectivity index (χ0) is 15.7. The number of carbonyl (C=O) groups excluding carboxylic acids is 1. The number of hydrogen-bond acceptors (Lipinski definition) is 5. The van der Waals surface area contributed by atoms with Crippen LogP contribution in [-0.2, 0) is 19.0 Å². The predicted octanol–water partition coefficient (Wildman–Crippen LogP) is 1.55. The molecule has 4 aliphatic rings. The largest absolute Gasteiger partial charge is 0.381 e. The minimum absolute atomic E-state index is 0.110. The minimum atomic E-state index is 0.110. The lowest BCUT2D eigenvalue weighted by molar-refractivity contribution is -0.141. The van der Waals surface area contributed by atoms with Crippen LogP contribution in [0.2, 0.25) is 0 Å². The summed E-state index contributed by atoms with van der Waals surface area (Å²) in [6, 6.07) is 0. The van der Waals surface area contributed by atoms with Gasteiger partial charge in [0.05, 0.1) is 23.4 Å². The number of thioether (sulfide) groups is 1. The first-order valence-corrected chi connectivity index (χ1v) is 9.92. The molecule has 130 valence electrons. The molecule has 0 N–H and O–H groups in total. The summed E-state index contributed by atoms with van der Waals surface area (Å²) in [6.45, 7) is 5.83. The van der Waals surface area contributed by atoms with E-state index in [1.54, 1.807) is 0 Å². The van der Waals surface area contributed by atoms with E-state index in [2.05, 4.69) is 0 Å². The Morgan fingerprint density at radius 1 is 1.17 bits per heavy atom. The molecule has 5 nitrogen and oxygen atoms in total. The molecule has 4 fully saturated rings. The van der Waals surface area contributed by atoms with Gasteiger partial charge in [-0.3, -0.25) is 4.79 Å². The molecule has 0 radical (unpaired) electrons. The SMILES string of the molecule is O=C([C@@H]1CCOC1)N1CC2(C[C@H](OCC3CCOCC3)CS2)C1. The molecule has 2 atom stereocenters. The lowest BCUT2D eigenvalue weighted by Gasteiger charge is -2.48. The zero-order valence-corrected chi connectivity index (χ0v) is 14.5. The van der Waals surface area contributed by atoms with Crippen molar-refractivity contribution >= 4 is 17.7 Å². The Labute approximate surface area is 142 Å². The molecule has 0 aromatic heterocycles. The van der Waals surface area contributed by atoms with Crippen LogP contribution in [0.15, 0.2) is 0 Å². The van der Waals surface area contributed by atoms with Crippen molar-refractivity contribution in [1.29, 1.82) is 0 Å². The first-order valence-electron chi connectivity index (χ1n) is 8.94. The molecule has 4 saturated heterocycles. The van der Waals surface area contributed by atoms with Crippen molar-refractivity contribution in [2.75, 3.05) is 51.9 Å². The third-order valence-electron chi connectivity index (χ3n) is 5.63. The number of hydrogen-bond donors (Lipinski definition) is 0. The van der Waals surface area contributed by atoms with Crippen molar-refractivity contribution in [3.05, 3.63) is 0 Å². The Morgan fingerprint density at radius 2 is 1.96 bits per heavy atom. The van der Waals surface area contributed by atoms with Gasteiger partial charge in [-0.2, -0.15) is 0 Å². The summed E-state index contributed by atoms with van der Waals surface area (Å²) in [7, 11) is 0. The summed E-state index contributed by atoms with van der Waals surface area (Å²) in [5, 5.41) is 0. The highest BCUT2D eigenvalue weighted by Crippen LogP contribution is 2.46. The van der Waals surface area contributed by atoms with Gasteiger partial charge in [-0.1, -0.05) is 0 Å². The third kappa shape index (κ3) is 3.55. The standard InChI is InChI=1S/C17H27NO4S/c19-16(14-3-6-21-9-14)18-11-17(12-18)7-15(10-23-17)22-8-13-1-4-20-5-2-13/h13-15H,1-12H2/t14-,15+/m1/s1. The van der Waals surface area contributed by atoms with Crippen LogP contribution in [-0.4, -0.2) is 73.5 Å². The predicted molar refractivity (Wildman–Crippen MR) is 88.6 cm³/mol. The Morgan fingerprint density at radius 3 is 2.70 bits per heavy atom. The van der Waals surface area contributed by atoms with Crippen molar-refractivity contribution in [3.63, 3.8) is 0 Å². The van der Waals surface area contributed by atoms with Gasteiger partial charge in [-0.25, -0.2) is 0 Å². The average molecular weight is 341 g/mol. The fourth-order valence-electron chi connectivity index (χ4n) is 4.11. The molecule has 4 aliphatic heterocycles. The molecule has 1 amide bonds. The molecular weight excluding hydrogens is 314 g/mol. The van der Waals surface area contributed by atoms with E-state index in [1.807, 2.05) is 16.7 Å². The molecular formula is C17H27NO4S. The van der Waals surface area contributed by atoms with Crippen molar-refractivity contribution in [2.45, 2.75) is 36.5 Å². The fourth-order valence-corrected chi connectivity index (χ4v) is 5.66. The highest BCUT2D eigenvalue weighted by molar-refractivity contribution is 8.01. The second-order valence-corrected chi connectivity index (χ2v) is 8.95. The number of carbonyl (C=O) groups is 1. The van der Waals surface area contributed by atoms with Gasteiger partial charge in [0.1, 0.15) is 0 Å². The number of rotatable bonds is 4. The molecule has 0 unspecified atom stereocenters. The average Bonchev–Trinajstić information content (AvgIpc) is 3.22. The van der Waals surface area contributed by atoms with E-state index in [9.17, 15) is 4.79 Å². The lowest BCUT2D eigenvalue weighted by atomic mass is 9.91. The summed E-state index contributed by atoms with van der Waals surface area (Å²) in [5.41, 5.74) is 0. The van der Waals surface area contributed by atoms with Gasteiger partial charge in [0, 0.05) is 45.3 Å². The van der Waals surface area contributed by atoms with Crippen LogP contribution in [0.25, 0.3) is 0 Å². The molecule has 4 heterocycles. The smallest absolute Gasteiger partial charge is 0.228 e. The van der Waals surface area contributed by atoms with Crippen LogP contribution in [0, 0.1) is 11.8 Å². The highest BCUT2D eigenvalue weighted by atomic mass is 32.2. The molecule has 6 heteroatoms. The van der Waals surface area contributed by atoms with Crippen molar-refractivity contribution < 1.29 is 19.0 Å². The maximum atomic E-state index is 12.4. The van der Waals surface area contributed by atoms with Crippen LogP contribution in [0.5, 0.6) is 0 Å². The first kappa shape index (κ1) is 16.2. The van der Waals surface area contributed by atoms with Crippen LogP contribution < -0.4 is 0 Å². The van der Waals surface area contributed by atoms with Crippen molar-refractivity contribution in [1.82, 2.24) is 4.90 Å². The molecule has 0 aromatic carbocycles. The summed E-state index contributed by atoms with van der Waals surface area (Å²) < 4.78 is 17.2. The van der Waals surface area contributed by atoms with Crippen molar-refractivity contribution in [3.8, 4) is 0 Å². The van der Waals surface area contributed by atoms with Gasteiger partial charge in [0.15, 0.2) is 0 Å². The molecule has 0 saturated carbocycles. The maximum Gasteiger partial charge on any atom is 0.228 e. The molecule has 0 aromatic rings. The van der Waals surface area contributed by atoms with E-state index in [-0.39, 0.29) is 10.7 Å². The normalized spacial score (nSPS) is 34.0. The van der Waals surface area contributed by atoms with Crippen LogP contribution in [0.1, 0.15) is 25.7 Å². The van der Waals surface area contributed by atoms with E-state index in [1.165, 1.54) is 0 Å². The van der Waals surface area contributed by atoms with Gasteiger partial charge in [0.25, 0.3) is 0 Å². The highest BCUT2D eigenvalue weighted by Gasteiger charge is 2.51. The summed E-state index contributed by atoms with van der Waals surface area (Å²) in [5.74, 6) is 2.17. The van der Waals surface area contributed by atoms with E-state index in [4.69, 9.17) is 14.2 Å². The van der Waals surface area contributed by atoms with Gasteiger partial charge < -0.3 is 19.1 Å². The maximum absolute atomic E-state index is 12.4. The lowest BCUT2D eigenvalue weighted by Crippen LogP contribution is -2.62. The minimum Gasteiger partial charge on any atom is -0.381 e. The number of likely N-dealkylation sites (tertiary alicyclic amines) is 1. The van der Waals surface area contributed by atoms with Gasteiger partial charge >= 0.3 is 0 Å². The van der Waals surface area contributed by atoms with E-state index in [0.717, 1.165) is 71.0 Å². The molecule has 0 aliphatic carbocycles. The monoisotopic (exact) mass is 341 g/mol. The van der Waals surface area contributed by atoms with E-state index < -0.39 is 0 Å². The molecule has 4 rings (SSSR count). The van der Waals surface area contributed by atoms with Gasteiger partial charge in [-0.15, -0.1) is 11.8 Å². The third-order valence-corrected chi connectivity index (χ3v) is 7.21. The topological polar surface area (TPSA) is 48.0 Å². The summed E-state index contributed by atoms with van der Waals surface area (Å²) >= 11 is 2.02. The number of nitrogens with zero attached hydrogens (tertiary/aromatic N) is 1. The molecule has 1 spiro atoms. The quantitative estimate of drug-likeness (QED) is 0.776. The Balaban J connectivity index is 1.19. The Hall–Kier alpha value is -0.300. The Bertz CT molecular complexity index is 428. The van der Waals surface area contributed by atoms with Crippen LogP contribution in [0.4, 0.5) is 0 Å². The number of ether oxygens (including phenoxy) is 3. The second kappa shape index (κ2) is 6.90. The van der Waals surface area contributed by atoms with Crippen LogP contribution in [0.3, 0.4) is 0 Å². The second-order valence-electron chi connectivity index (χ2n) is 7.46. The van der Waals surface area contributed by atoms with E-state index >= 15 is 0 Å². The fraction of sp³-hybridized carbons (Fsp3) is 0.941. The number of amides is 1. The van der Waals surface area contributed by atoms with Crippen LogP contribution >= 0.6 is 11.8 Å². The van der Waals surface area contributed by atoms with Gasteiger partial charge in [-0.05, 0) is 31.6 Å². The summed E-state index contributed by atoms with van der Waals surface area (Å²) in [4.78, 5) is 14.4. The van der Waals surface area contributed by atoms with Crippen molar-refractivity contribution in [2.24, 2.45) is 11.8 Å². The summed E-state index contributed by atoms with van der Waals surface area (Å²) in [6.07, 6.45) is 4.64. The van der Waals surface area contributed by atoms with Gasteiger partial charge in [0.2, 0.25) is 5.91 Å². The Kier molecular flexibility index (Phi) is 4.86. The first-order chi connectivity index (χ1) is 11.2. The zero-order valence-electron chi connectivity index (χ0n) is 13.7. The molecule has 23 heavy (non-hydrogen) atoms. The molecule has 0 bridgehead atoms.